The summed E-state index contributed by atoms with van der Waals surface area (Å²) >= 11 is 4.84. The molecule has 0 amide bonds. The van der Waals surface area contributed by atoms with Crippen molar-refractivity contribution in [1.82, 2.24) is 4.57 Å². The van der Waals surface area contributed by atoms with Crippen LogP contribution in [0.3, 0.4) is 0 Å². The Kier molecular flexibility index (Phi) is 11.6. The maximum atomic E-state index is 14.3. The fourth-order valence-electron chi connectivity index (χ4n) is 5.98. The molecule has 5 aromatic rings. The number of hydrogen-bond donors (Lipinski definition) is 0. The van der Waals surface area contributed by atoms with Crippen LogP contribution >= 0.6 is 27.3 Å². The van der Waals surface area contributed by atoms with Gasteiger partial charge in [-0.2, -0.15) is 0 Å². The molecule has 0 saturated carbocycles. The maximum Gasteiger partial charge on any atom is 0.343 e. The summed E-state index contributed by atoms with van der Waals surface area (Å²) in [4.78, 5) is 44.6. The second kappa shape index (κ2) is 16.5. The van der Waals surface area contributed by atoms with Crippen LogP contribution in [0, 0.1) is 0 Å². The summed E-state index contributed by atoms with van der Waals surface area (Å²) in [6.07, 6.45) is 1.75. The van der Waals surface area contributed by atoms with Gasteiger partial charge < -0.3 is 28.4 Å². The molecule has 1 aliphatic rings. The number of aromatic nitrogens is 1. The summed E-state index contributed by atoms with van der Waals surface area (Å²) in [6, 6.07) is 22.1. The van der Waals surface area contributed by atoms with Gasteiger partial charge in [0.1, 0.15) is 6.61 Å². The summed E-state index contributed by atoms with van der Waals surface area (Å²) in [7, 11) is 2.83. The van der Waals surface area contributed by atoms with Crippen LogP contribution < -0.4 is 33.8 Å². The smallest absolute Gasteiger partial charge is 0.343 e. The standard InChI is InChI=1S/C40H37BrN2O9S/c1-6-49-31-20-28(14-15-30(31)51-22-34(44)48-5)36-35(39(46)50-7-2)23(3)42-40-43(36)38(45)33(53-40)19-25-17-29(41)37(32(18-25)47-4)52-21-24-12-13-26-10-8-9-11-27(26)16-24/h8-20,36H,6-7,21-22H2,1-5H3/b33-19-/t36-/m1/s1. The number of carbonyl (C=O) groups is 2. The molecular weight excluding hydrogens is 764 g/mol. The number of fused-ring (bicyclic) bond motifs is 2. The van der Waals surface area contributed by atoms with E-state index in [1.54, 1.807) is 51.3 Å². The lowest BCUT2D eigenvalue weighted by Gasteiger charge is -2.25. The van der Waals surface area contributed by atoms with Crippen LogP contribution in [0.5, 0.6) is 23.0 Å². The highest BCUT2D eigenvalue weighted by Gasteiger charge is 2.34. The minimum atomic E-state index is -0.895. The van der Waals surface area contributed by atoms with E-state index < -0.39 is 18.0 Å². The molecule has 6 rings (SSSR count). The zero-order valence-electron chi connectivity index (χ0n) is 29.8. The molecule has 2 heterocycles. The number of nitrogens with zero attached hydrogens (tertiary/aromatic N) is 2. The number of ether oxygens (including phenoxy) is 6. The van der Waals surface area contributed by atoms with E-state index in [0.717, 1.165) is 16.3 Å². The number of benzene rings is 4. The molecule has 53 heavy (non-hydrogen) atoms. The van der Waals surface area contributed by atoms with E-state index in [1.807, 2.05) is 31.2 Å². The SMILES string of the molecule is CCOC(=O)C1=C(C)N=c2s/c(=C\c3cc(Br)c(OCc4ccc5ccccc5c4)c(OC)c3)c(=O)n2[C@@H]1c1ccc(OCC(=O)OC)c(OCC)c1. The van der Waals surface area contributed by atoms with Gasteiger partial charge in [-0.3, -0.25) is 9.36 Å². The first-order chi connectivity index (χ1) is 25.6. The Hall–Kier alpha value is -5.40. The summed E-state index contributed by atoms with van der Waals surface area (Å²) in [5.41, 5.74) is 2.52. The molecule has 0 fully saturated rings. The average Bonchev–Trinajstić information content (AvgIpc) is 3.46. The number of halogens is 1. The fraction of sp³-hybridized carbons (Fsp3) is 0.250. The van der Waals surface area contributed by atoms with Gasteiger partial charge in [0.05, 0.1) is 53.8 Å². The highest BCUT2D eigenvalue weighted by atomic mass is 79.9. The van der Waals surface area contributed by atoms with Crippen LogP contribution in [0.2, 0.25) is 0 Å². The Morgan fingerprint density at radius 1 is 0.906 bits per heavy atom. The van der Waals surface area contributed by atoms with Crippen molar-refractivity contribution in [3.05, 3.63) is 125 Å². The third-order valence-corrected chi connectivity index (χ3v) is 9.99. The predicted octanol–water partition coefficient (Wildman–Crippen LogP) is 6.25. The van der Waals surface area contributed by atoms with E-state index >= 15 is 0 Å². The number of allylic oxidation sites excluding steroid dienone is 1. The van der Waals surface area contributed by atoms with Crippen molar-refractivity contribution in [1.29, 1.82) is 0 Å². The second-order valence-electron chi connectivity index (χ2n) is 11.8. The summed E-state index contributed by atoms with van der Waals surface area (Å²) in [5.74, 6) is 0.489. The Labute approximate surface area is 317 Å². The molecule has 13 heteroatoms. The van der Waals surface area contributed by atoms with Crippen LogP contribution in [0.4, 0.5) is 0 Å². The highest BCUT2D eigenvalue weighted by Crippen LogP contribution is 2.38. The molecule has 1 aliphatic heterocycles. The number of hydrogen-bond acceptors (Lipinski definition) is 11. The van der Waals surface area contributed by atoms with E-state index in [1.165, 1.54) is 23.0 Å². The van der Waals surface area contributed by atoms with E-state index in [4.69, 9.17) is 28.4 Å². The van der Waals surface area contributed by atoms with Gasteiger partial charge in [-0.1, -0.05) is 53.8 Å². The van der Waals surface area contributed by atoms with Gasteiger partial charge >= 0.3 is 11.9 Å². The molecule has 11 nitrogen and oxygen atoms in total. The molecule has 0 unspecified atom stereocenters. The van der Waals surface area contributed by atoms with Crippen molar-refractivity contribution in [2.24, 2.45) is 4.99 Å². The third-order valence-electron chi connectivity index (χ3n) is 8.42. The van der Waals surface area contributed by atoms with Gasteiger partial charge in [0.15, 0.2) is 34.4 Å². The lowest BCUT2D eigenvalue weighted by Crippen LogP contribution is -2.40. The van der Waals surface area contributed by atoms with Crippen LogP contribution in [-0.4, -0.2) is 50.5 Å². The van der Waals surface area contributed by atoms with Gasteiger partial charge in [0.2, 0.25) is 0 Å². The molecule has 1 atom stereocenters. The van der Waals surface area contributed by atoms with E-state index in [-0.39, 0.29) is 24.3 Å². The molecule has 274 valence electrons. The lowest BCUT2D eigenvalue weighted by molar-refractivity contribution is -0.143. The Morgan fingerprint density at radius 3 is 2.43 bits per heavy atom. The van der Waals surface area contributed by atoms with Gasteiger partial charge in [0, 0.05) is 0 Å². The highest BCUT2D eigenvalue weighted by molar-refractivity contribution is 9.10. The minimum absolute atomic E-state index is 0.135. The topological polar surface area (TPSA) is 124 Å². The van der Waals surface area contributed by atoms with E-state index in [9.17, 15) is 14.4 Å². The molecule has 0 radical (unpaired) electrons. The van der Waals surface area contributed by atoms with Gasteiger partial charge in [-0.05, 0) is 101 Å². The van der Waals surface area contributed by atoms with Gasteiger partial charge in [-0.25, -0.2) is 14.6 Å². The zero-order chi connectivity index (χ0) is 37.6. The largest absolute Gasteiger partial charge is 0.493 e. The Bertz CT molecular complexity index is 2420. The Morgan fingerprint density at radius 2 is 1.70 bits per heavy atom. The first-order valence-electron chi connectivity index (χ1n) is 16.8. The van der Waals surface area contributed by atoms with Crippen molar-refractivity contribution in [2.45, 2.75) is 33.4 Å². The number of esters is 2. The molecule has 0 aliphatic carbocycles. The minimum Gasteiger partial charge on any atom is -0.493 e. The van der Waals surface area contributed by atoms with Crippen molar-refractivity contribution in [3.63, 3.8) is 0 Å². The third kappa shape index (κ3) is 8.01. The lowest BCUT2D eigenvalue weighted by atomic mass is 9.95. The molecule has 0 spiro atoms. The second-order valence-corrected chi connectivity index (χ2v) is 13.7. The van der Waals surface area contributed by atoms with Crippen molar-refractivity contribution < 1.29 is 38.0 Å². The predicted molar refractivity (Wildman–Crippen MR) is 204 cm³/mol. The van der Waals surface area contributed by atoms with Crippen molar-refractivity contribution >= 4 is 56.1 Å². The van der Waals surface area contributed by atoms with Crippen LogP contribution in [-0.2, 0) is 25.7 Å². The van der Waals surface area contributed by atoms with E-state index in [2.05, 4.69) is 45.2 Å². The number of rotatable bonds is 13. The van der Waals surface area contributed by atoms with Crippen LogP contribution in [0.1, 0.15) is 43.5 Å². The van der Waals surface area contributed by atoms with Crippen LogP contribution in [0.25, 0.3) is 16.8 Å². The molecule has 4 aromatic carbocycles. The monoisotopic (exact) mass is 800 g/mol. The molecule has 0 saturated heterocycles. The summed E-state index contributed by atoms with van der Waals surface area (Å²) < 4.78 is 36.1. The summed E-state index contributed by atoms with van der Waals surface area (Å²) in [6.45, 7) is 5.67. The average molecular weight is 802 g/mol. The fourth-order valence-corrected chi connectivity index (χ4v) is 7.60. The van der Waals surface area contributed by atoms with Crippen molar-refractivity contribution in [2.75, 3.05) is 34.0 Å². The normalized spacial score (nSPS) is 14.0. The maximum absolute atomic E-state index is 14.3. The zero-order valence-corrected chi connectivity index (χ0v) is 32.2. The van der Waals surface area contributed by atoms with Gasteiger partial charge in [0.25, 0.3) is 5.56 Å². The first-order valence-corrected chi connectivity index (χ1v) is 18.4. The Balaban J connectivity index is 1.38. The molecule has 1 aromatic heterocycles. The van der Waals surface area contributed by atoms with Crippen molar-refractivity contribution in [3.8, 4) is 23.0 Å². The number of thiazole rings is 1. The first kappa shape index (κ1) is 37.4. The summed E-state index contributed by atoms with van der Waals surface area (Å²) in [5, 5.41) is 2.28. The number of carbonyl (C=O) groups excluding carboxylic acids is 2. The quantitative estimate of drug-likeness (QED) is 0.127. The number of methoxy groups -OCH3 is 2. The van der Waals surface area contributed by atoms with Crippen LogP contribution in [0.15, 0.2) is 98.3 Å². The van der Waals surface area contributed by atoms with Gasteiger partial charge in [-0.15, -0.1) is 0 Å². The molecule has 0 bridgehead atoms. The molecular formula is C40H37BrN2O9S. The van der Waals surface area contributed by atoms with E-state index in [0.29, 0.717) is 66.8 Å². The molecule has 0 N–H and O–H groups in total.